The molecule has 3 aromatic rings. The number of nitrogens with one attached hydrogen (secondary N) is 2. The lowest BCUT2D eigenvalue weighted by Gasteiger charge is -2.19. The van der Waals surface area contributed by atoms with E-state index in [1.54, 1.807) is 37.4 Å². The Kier molecular flexibility index (Phi) is 6.62. The molecule has 1 heterocycles. The minimum absolute atomic E-state index is 0.00458. The average molecular weight is 442 g/mol. The second-order valence-corrected chi connectivity index (χ2v) is 10.1. The maximum absolute atomic E-state index is 12.5. The second kappa shape index (κ2) is 9.03. The summed E-state index contributed by atoms with van der Waals surface area (Å²) in [5.41, 5.74) is 2.46. The van der Waals surface area contributed by atoms with Crippen LogP contribution in [0.15, 0.2) is 64.0 Å². The molecule has 31 heavy (non-hydrogen) atoms. The lowest BCUT2D eigenvalue weighted by Crippen LogP contribution is -2.28. The van der Waals surface area contributed by atoms with Gasteiger partial charge in [0.1, 0.15) is 0 Å². The molecule has 0 unspecified atom stereocenters. The Balaban J connectivity index is 1.51. The molecule has 3 rings (SSSR count). The van der Waals surface area contributed by atoms with Crippen molar-refractivity contribution in [2.24, 2.45) is 0 Å². The van der Waals surface area contributed by atoms with Crippen LogP contribution in [0.1, 0.15) is 38.6 Å². The SMILES string of the molecule is Cc1ncc(-c2ccc(NC(=O)CCNS(=O)(=O)c3ccc(C(C)(C)C)cc3)cc2)o1. The summed E-state index contributed by atoms with van der Waals surface area (Å²) in [6, 6.07) is 13.9. The van der Waals surface area contributed by atoms with E-state index in [-0.39, 0.29) is 29.2 Å². The van der Waals surface area contributed by atoms with Crippen LogP contribution >= 0.6 is 0 Å². The summed E-state index contributed by atoms with van der Waals surface area (Å²) in [6.07, 6.45) is 1.66. The molecule has 0 radical (unpaired) electrons. The molecular weight excluding hydrogens is 414 g/mol. The molecule has 1 aromatic heterocycles. The highest BCUT2D eigenvalue weighted by molar-refractivity contribution is 7.89. The summed E-state index contributed by atoms with van der Waals surface area (Å²) in [6.45, 7) is 7.97. The molecule has 7 nitrogen and oxygen atoms in total. The third-order valence-corrected chi connectivity index (χ3v) is 6.23. The number of carbonyl (C=O) groups is 1. The monoisotopic (exact) mass is 441 g/mol. The Bertz CT molecular complexity index is 1140. The first-order chi connectivity index (χ1) is 14.5. The lowest BCUT2D eigenvalue weighted by molar-refractivity contribution is -0.116. The van der Waals surface area contributed by atoms with E-state index in [0.29, 0.717) is 17.3 Å². The molecule has 0 aliphatic carbocycles. The highest BCUT2D eigenvalue weighted by Gasteiger charge is 2.17. The largest absolute Gasteiger partial charge is 0.441 e. The molecule has 0 fully saturated rings. The summed E-state index contributed by atoms with van der Waals surface area (Å²) in [7, 11) is -3.67. The molecule has 0 spiro atoms. The summed E-state index contributed by atoms with van der Waals surface area (Å²) in [4.78, 5) is 16.4. The highest BCUT2D eigenvalue weighted by Crippen LogP contribution is 2.24. The number of hydrogen-bond donors (Lipinski definition) is 2. The van der Waals surface area contributed by atoms with Gasteiger partial charge in [0.2, 0.25) is 15.9 Å². The summed E-state index contributed by atoms with van der Waals surface area (Å²) < 4.78 is 32.8. The quantitative estimate of drug-likeness (QED) is 0.571. The van der Waals surface area contributed by atoms with E-state index in [0.717, 1.165) is 11.1 Å². The number of sulfonamides is 1. The number of hydrogen-bond acceptors (Lipinski definition) is 5. The van der Waals surface area contributed by atoms with Crippen molar-refractivity contribution in [3.63, 3.8) is 0 Å². The topological polar surface area (TPSA) is 101 Å². The smallest absolute Gasteiger partial charge is 0.240 e. The van der Waals surface area contributed by atoms with E-state index < -0.39 is 10.0 Å². The number of rotatable bonds is 7. The van der Waals surface area contributed by atoms with Crippen molar-refractivity contribution < 1.29 is 17.6 Å². The van der Waals surface area contributed by atoms with Gasteiger partial charge in [-0.25, -0.2) is 18.1 Å². The Morgan fingerprint density at radius 1 is 1.03 bits per heavy atom. The van der Waals surface area contributed by atoms with Crippen molar-refractivity contribution in [3.05, 3.63) is 66.2 Å². The van der Waals surface area contributed by atoms with Gasteiger partial charge in [-0.15, -0.1) is 0 Å². The first-order valence-corrected chi connectivity index (χ1v) is 11.5. The number of nitrogens with zero attached hydrogens (tertiary/aromatic N) is 1. The summed E-state index contributed by atoms with van der Waals surface area (Å²) >= 11 is 0. The van der Waals surface area contributed by atoms with Crippen molar-refractivity contribution >= 4 is 21.6 Å². The van der Waals surface area contributed by atoms with Crippen LogP contribution in [0.3, 0.4) is 0 Å². The minimum atomic E-state index is -3.67. The third kappa shape index (κ3) is 6.02. The Morgan fingerprint density at radius 3 is 2.23 bits per heavy atom. The number of carbonyl (C=O) groups excluding carboxylic acids is 1. The maximum atomic E-state index is 12.5. The van der Waals surface area contributed by atoms with E-state index >= 15 is 0 Å². The van der Waals surface area contributed by atoms with Gasteiger partial charge in [0.15, 0.2) is 11.7 Å². The van der Waals surface area contributed by atoms with Crippen molar-refractivity contribution in [1.82, 2.24) is 9.71 Å². The van der Waals surface area contributed by atoms with Crippen LogP contribution in [0, 0.1) is 6.92 Å². The molecule has 164 valence electrons. The molecule has 0 bridgehead atoms. The van der Waals surface area contributed by atoms with E-state index in [4.69, 9.17) is 4.42 Å². The van der Waals surface area contributed by atoms with Gasteiger partial charge in [0.05, 0.1) is 11.1 Å². The zero-order chi connectivity index (χ0) is 22.6. The van der Waals surface area contributed by atoms with E-state index in [2.05, 4.69) is 35.8 Å². The third-order valence-electron chi connectivity index (χ3n) is 4.75. The zero-order valence-corrected chi connectivity index (χ0v) is 18.9. The molecule has 0 saturated heterocycles. The van der Waals surface area contributed by atoms with Crippen LogP contribution in [0.4, 0.5) is 5.69 Å². The highest BCUT2D eigenvalue weighted by atomic mass is 32.2. The molecule has 1 amide bonds. The molecule has 2 aromatic carbocycles. The predicted molar refractivity (Wildman–Crippen MR) is 120 cm³/mol. The predicted octanol–water partition coefficient (Wildman–Crippen LogP) is 4.25. The molecular formula is C23H27N3O4S. The second-order valence-electron chi connectivity index (χ2n) is 8.29. The van der Waals surface area contributed by atoms with E-state index in [1.807, 2.05) is 24.3 Å². The standard InChI is InChI=1S/C23H27N3O4S/c1-16-24-15-21(30-16)17-5-9-19(10-6-17)26-22(27)13-14-25-31(28,29)20-11-7-18(8-12-20)23(2,3)4/h5-12,15,25H,13-14H2,1-4H3,(H,26,27). The van der Waals surface area contributed by atoms with Gasteiger partial charge in [-0.3, -0.25) is 4.79 Å². The summed E-state index contributed by atoms with van der Waals surface area (Å²) in [5, 5.41) is 2.76. The number of anilines is 1. The Labute approximate surface area is 183 Å². The fraction of sp³-hybridized carbons (Fsp3) is 0.304. The van der Waals surface area contributed by atoms with Gasteiger partial charge in [-0.1, -0.05) is 32.9 Å². The Hall–Kier alpha value is -2.97. The van der Waals surface area contributed by atoms with Gasteiger partial charge >= 0.3 is 0 Å². The molecule has 0 saturated carbocycles. The summed E-state index contributed by atoms with van der Waals surface area (Å²) in [5.74, 6) is 0.953. The lowest BCUT2D eigenvalue weighted by atomic mass is 9.87. The zero-order valence-electron chi connectivity index (χ0n) is 18.1. The average Bonchev–Trinajstić information content (AvgIpc) is 3.14. The molecule has 0 aliphatic rings. The van der Waals surface area contributed by atoms with Gasteiger partial charge in [0.25, 0.3) is 0 Å². The fourth-order valence-corrected chi connectivity index (χ4v) is 3.98. The number of benzene rings is 2. The number of amides is 1. The normalized spacial score (nSPS) is 12.0. The van der Waals surface area contributed by atoms with E-state index in [9.17, 15) is 13.2 Å². The molecule has 8 heteroatoms. The molecule has 0 atom stereocenters. The number of aryl methyl sites for hydroxylation is 1. The van der Waals surface area contributed by atoms with Crippen LogP contribution in [0.25, 0.3) is 11.3 Å². The van der Waals surface area contributed by atoms with Crippen LogP contribution in [0.5, 0.6) is 0 Å². The number of oxazole rings is 1. The van der Waals surface area contributed by atoms with Gasteiger partial charge in [-0.2, -0.15) is 0 Å². The van der Waals surface area contributed by atoms with Gasteiger partial charge in [-0.05, 0) is 47.4 Å². The molecule has 0 aliphatic heterocycles. The first-order valence-electron chi connectivity index (χ1n) is 9.97. The van der Waals surface area contributed by atoms with E-state index in [1.165, 1.54) is 0 Å². The van der Waals surface area contributed by atoms with Crippen molar-refractivity contribution in [1.29, 1.82) is 0 Å². The Morgan fingerprint density at radius 2 is 1.68 bits per heavy atom. The van der Waals surface area contributed by atoms with Crippen LogP contribution < -0.4 is 10.0 Å². The van der Waals surface area contributed by atoms with Crippen molar-refractivity contribution in [2.75, 3.05) is 11.9 Å². The number of aromatic nitrogens is 1. The minimum Gasteiger partial charge on any atom is -0.441 e. The van der Waals surface area contributed by atoms with Gasteiger partial charge in [0, 0.05) is 31.1 Å². The van der Waals surface area contributed by atoms with Crippen LogP contribution in [-0.4, -0.2) is 25.9 Å². The maximum Gasteiger partial charge on any atom is 0.240 e. The first kappa shape index (κ1) is 22.7. The van der Waals surface area contributed by atoms with Crippen molar-refractivity contribution in [3.8, 4) is 11.3 Å². The van der Waals surface area contributed by atoms with Gasteiger partial charge < -0.3 is 9.73 Å². The fourth-order valence-electron chi connectivity index (χ4n) is 2.95. The van der Waals surface area contributed by atoms with Crippen LogP contribution in [0.2, 0.25) is 0 Å². The molecule has 2 N–H and O–H groups in total. The van der Waals surface area contributed by atoms with Crippen molar-refractivity contribution in [2.45, 2.75) is 44.4 Å². The van der Waals surface area contributed by atoms with Crippen LogP contribution in [-0.2, 0) is 20.2 Å².